The van der Waals surface area contributed by atoms with Crippen LogP contribution in [-0.4, -0.2) is 44.2 Å². The molecule has 1 heterocycles. The van der Waals surface area contributed by atoms with Gasteiger partial charge in [-0.3, -0.25) is 10.1 Å². The van der Waals surface area contributed by atoms with Crippen molar-refractivity contribution in [3.8, 4) is 0 Å². The Bertz CT molecular complexity index is 614. The monoisotopic (exact) mass is 282 g/mol. The van der Waals surface area contributed by atoms with Crippen LogP contribution in [-0.2, 0) is 0 Å². The zero-order valence-corrected chi connectivity index (χ0v) is 10.7. The fourth-order valence-corrected chi connectivity index (χ4v) is 1.83. The van der Waals surface area contributed by atoms with Crippen molar-refractivity contribution < 1.29 is 19.8 Å². The number of nitro benzene ring substituents is 1. The number of nitrogens with zero attached hydrogens (tertiary/aromatic N) is 3. The van der Waals surface area contributed by atoms with Gasteiger partial charge in [-0.2, -0.15) is 0 Å². The molecule has 20 heavy (non-hydrogen) atoms. The van der Waals surface area contributed by atoms with Crippen molar-refractivity contribution in [2.45, 2.75) is 18.9 Å². The standard InChI is InChI=1S/C11H14N4O5/c1-2-11(5-16,6-17)12-7-3-4-8(15(18)19)10-9(7)13-20-14-10/h3-4,12,16-17H,2,5-6H2,1H3. The molecule has 9 heteroatoms. The smallest absolute Gasteiger partial charge is 0.300 e. The molecule has 0 radical (unpaired) electrons. The van der Waals surface area contributed by atoms with E-state index in [1.165, 1.54) is 12.1 Å². The minimum atomic E-state index is -0.942. The molecule has 2 aromatic rings. The van der Waals surface area contributed by atoms with Gasteiger partial charge >= 0.3 is 5.69 Å². The van der Waals surface area contributed by atoms with E-state index in [9.17, 15) is 20.3 Å². The Balaban J connectivity index is 2.49. The van der Waals surface area contributed by atoms with Crippen LogP contribution in [0.5, 0.6) is 0 Å². The first-order chi connectivity index (χ1) is 9.56. The number of aromatic nitrogens is 2. The predicted octanol–water partition coefficient (Wildman–Crippen LogP) is 0.676. The maximum atomic E-state index is 10.9. The minimum absolute atomic E-state index is 0.0147. The number of benzene rings is 1. The van der Waals surface area contributed by atoms with Crippen molar-refractivity contribution in [3.63, 3.8) is 0 Å². The van der Waals surface area contributed by atoms with Crippen molar-refractivity contribution in [3.05, 3.63) is 22.2 Å². The van der Waals surface area contributed by atoms with Crippen LogP contribution in [0.1, 0.15) is 13.3 Å². The molecule has 0 saturated carbocycles. The molecule has 1 aromatic carbocycles. The van der Waals surface area contributed by atoms with Crippen molar-refractivity contribution in [2.24, 2.45) is 0 Å². The zero-order chi connectivity index (χ0) is 14.8. The van der Waals surface area contributed by atoms with E-state index in [0.29, 0.717) is 12.1 Å². The number of hydrogen-bond donors (Lipinski definition) is 3. The number of anilines is 1. The first-order valence-electron chi connectivity index (χ1n) is 5.96. The molecule has 0 saturated heterocycles. The highest BCUT2D eigenvalue weighted by Crippen LogP contribution is 2.30. The summed E-state index contributed by atoms with van der Waals surface area (Å²) in [6, 6.07) is 2.71. The van der Waals surface area contributed by atoms with Gasteiger partial charge in [-0.15, -0.1) is 0 Å². The van der Waals surface area contributed by atoms with Gasteiger partial charge in [-0.1, -0.05) is 6.92 Å². The first-order valence-corrected chi connectivity index (χ1v) is 5.96. The van der Waals surface area contributed by atoms with Gasteiger partial charge < -0.3 is 15.5 Å². The van der Waals surface area contributed by atoms with Crippen LogP contribution in [0.3, 0.4) is 0 Å². The van der Waals surface area contributed by atoms with E-state index < -0.39 is 10.5 Å². The number of rotatable bonds is 6. The molecular formula is C11H14N4O5. The van der Waals surface area contributed by atoms with Gasteiger partial charge in [0.2, 0.25) is 5.52 Å². The quantitative estimate of drug-likeness (QED) is 0.520. The Morgan fingerprint density at radius 2 is 2.00 bits per heavy atom. The number of aliphatic hydroxyl groups excluding tert-OH is 2. The Morgan fingerprint density at radius 1 is 1.35 bits per heavy atom. The molecule has 0 aliphatic heterocycles. The third kappa shape index (κ3) is 2.28. The molecule has 2 rings (SSSR count). The Labute approximate surface area is 113 Å². The number of non-ortho nitro benzene ring substituents is 1. The topological polar surface area (TPSA) is 135 Å². The lowest BCUT2D eigenvalue weighted by Crippen LogP contribution is -2.45. The molecule has 0 bridgehead atoms. The lowest BCUT2D eigenvalue weighted by atomic mass is 9.97. The second kappa shape index (κ2) is 5.39. The summed E-state index contributed by atoms with van der Waals surface area (Å²) >= 11 is 0. The molecule has 0 amide bonds. The van der Waals surface area contributed by atoms with Crippen molar-refractivity contribution in [2.75, 3.05) is 18.5 Å². The maximum absolute atomic E-state index is 10.9. The van der Waals surface area contributed by atoms with Crippen LogP contribution in [0, 0.1) is 10.1 Å². The summed E-state index contributed by atoms with van der Waals surface area (Å²) in [5, 5.41) is 39.8. The van der Waals surface area contributed by atoms with Crippen LogP contribution in [0.4, 0.5) is 11.4 Å². The summed E-state index contributed by atoms with van der Waals surface area (Å²) < 4.78 is 4.54. The number of aliphatic hydroxyl groups is 2. The van der Waals surface area contributed by atoms with E-state index in [0.717, 1.165) is 0 Å². The maximum Gasteiger partial charge on any atom is 0.300 e. The van der Waals surface area contributed by atoms with Gasteiger partial charge in [-0.05, 0) is 22.8 Å². The van der Waals surface area contributed by atoms with Gasteiger partial charge in [0.1, 0.15) is 0 Å². The van der Waals surface area contributed by atoms with Gasteiger partial charge in [0, 0.05) is 6.07 Å². The molecule has 0 atom stereocenters. The van der Waals surface area contributed by atoms with Gasteiger partial charge in [0.05, 0.1) is 29.4 Å². The molecule has 9 nitrogen and oxygen atoms in total. The number of nitro groups is 1. The molecule has 108 valence electrons. The van der Waals surface area contributed by atoms with E-state index in [-0.39, 0.29) is 29.9 Å². The normalized spacial score (nSPS) is 11.8. The van der Waals surface area contributed by atoms with E-state index in [2.05, 4.69) is 20.3 Å². The molecular weight excluding hydrogens is 268 g/mol. The van der Waals surface area contributed by atoms with E-state index in [1.54, 1.807) is 6.92 Å². The highest BCUT2D eigenvalue weighted by molar-refractivity contribution is 5.93. The summed E-state index contributed by atoms with van der Waals surface area (Å²) in [5.74, 6) is 0. The third-order valence-electron chi connectivity index (χ3n) is 3.27. The average molecular weight is 282 g/mol. The van der Waals surface area contributed by atoms with Crippen LogP contribution in [0.15, 0.2) is 16.8 Å². The number of nitrogens with one attached hydrogen (secondary N) is 1. The van der Waals surface area contributed by atoms with Gasteiger partial charge in [0.25, 0.3) is 0 Å². The van der Waals surface area contributed by atoms with Crippen molar-refractivity contribution >= 4 is 22.4 Å². The Morgan fingerprint density at radius 3 is 2.55 bits per heavy atom. The van der Waals surface area contributed by atoms with Gasteiger partial charge in [0.15, 0.2) is 5.52 Å². The predicted molar refractivity (Wildman–Crippen MR) is 69.3 cm³/mol. The first kappa shape index (κ1) is 14.2. The summed E-state index contributed by atoms with van der Waals surface area (Å²) in [6.45, 7) is 1.19. The lowest BCUT2D eigenvalue weighted by molar-refractivity contribution is -0.383. The summed E-state index contributed by atoms with van der Waals surface area (Å²) in [7, 11) is 0. The SMILES string of the molecule is CCC(CO)(CO)Nc1ccc([N+](=O)[O-])c2nonc12. The largest absolute Gasteiger partial charge is 0.394 e. The second-order valence-corrected chi connectivity index (χ2v) is 4.43. The van der Waals surface area contributed by atoms with Crippen molar-refractivity contribution in [1.82, 2.24) is 10.3 Å². The fourth-order valence-electron chi connectivity index (χ4n) is 1.83. The van der Waals surface area contributed by atoms with Gasteiger partial charge in [-0.25, -0.2) is 4.63 Å². The van der Waals surface area contributed by atoms with E-state index in [4.69, 9.17) is 0 Å². The third-order valence-corrected chi connectivity index (χ3v) is 3.27. The molecule has 0 fully saturated rings. The Kier molecular flexibility index (Phi) is 3.81. The molecule has 3 N–H and O–H groups in total. The van der Waals surface area contributed by atoms with Crippen LogP contribution in [0.2, 0.25) is 0 Å². The minimum Gasteiger partial charge on any atom is -0.394 e. The molecule has 0 aliphatic rings. The number of fused-ring (bicyclic) bond motifs is 1. The lowest BCUT2D eigenvalue weighted by Gasteiger charge is -2.30. The fraction of sp³-hybridized carbons (Fsp3) is 0.455. The summed E-state index contributed by atoms with van der Waals surface area (Å²) in [4.78, 5) is 10.3. The highest BCUT2D eigenvalue weighted by Gasteiger charge is 2.29. The molecule has 1 aromatic heterocycles. The molecule has 0 spiro atoms. The summed E-state index contributed by atoms with van der Waals surface area (Å²) in [6.07, 6.45) is 0.448. The Hall–Kier alpha value is -2.26. The number of hydrogen-bond acceptors (Lipinski definition) is 8. The van der Waals surface area contributed by atoms with Crippen molar-refractivity contribution in [1.29, 1.82) is 0 Å². The summed E-state index contributed by atoms with van der Waals surface area (Å²) in [5.41, 5.74) is -0.569. The average Bonchev–Trinajstić information content (AvgIpc) is 2.94. The second-order valence-electron chi connectivity index (χ2n) is 4.43. The van der Waals surface area contributed by atoms with Crippen LogP contribution in [0.25, 0.3) is 11.0 Å². The molecule has 0 unspecified atom stereocenters. The van der Waals surface area contributed by atoms with Crippen LogP contribution >= 0.6 is 0 Å². The van der Waals surface area contributed by atoms with E-state index in [1.807, 2.05) is 0 Å². The zero-order valence-electron chi connectivity index (χ0n) is 10.7. The van der Waals surface area contributed by atoms with E-state index >= 15 is 0 Å². The highest BCUT2D eigenvalue weighted by atomic mass is 16.6. The molecule has 0 aliphatic carbocycles. The van der Waals surface area contributed by atoms with Crippen LogP contribution < -0.4 is 5.32 Å².